The predicted molar refractivity (Wildman–Crippen MR) is 140 cm³/mol. The number of rotatable bonds is 8. The Hall–Kier alpha value is 0.0338. The van der Waals surface area contributed by atoms with E-state index >= 15 is 0 Å². The van der Waals surface area contributed by atoms with Crippen LogP contribution in [-0.2, 0) is 23.1 Å². The largest absolute Gasteiger partial charge is 0.414 e. The maximum absolute atomic E-state index is 10.7. The van der Waals surface area contributed by atoms with Crippen LogP contribution in [0.1, 0.15) is 41.5 Å². The second kappa shape index (κ2) is 11.6. The van der Waals surface area contributed by atoms with E-state index < -0.39 is 71.8 Å². The first-order chi connectivity index (χ1) is 16.2. The lowest BCUT2D eigenvalue weighted by atomic mass is 9.97. The summed E-state index contributed by atoms with van der Waals surface area (Å²) in [7, 11) is -4.32. The molecule has 2 aliphatic heterocycles. The maximum Gasteiger partial charge on any atom is 0.192 e. The quantitative estimate of drug-likeness (QED) is 0.279. The molecule has 9 atom stereocenters. The van der Waals surface area contributed by atoms with Gasteiger partial charge in [-0.25, -0.2) is 0 Å². The van der Waals surface area contributed by atoms with Crippen LogP contribution in [0.15, 0.2) is 0 Å². The van der Waals surface area contributed by atoms with Crippen LogP contribution in [0.2, 0.25) is 36.3 Å². The molecule has 5 N–H and O–H groups in total. The number of hydrogen-bond acceptors (Lipinski definition) is 10. The van der Waals surface area contributed by atoms with Crippen molar-refractivity contribution in [1.82, 2.24) is 0 Å². The second-order valence-electron chi connectivity index (χ2n) is 13.2. The van der Waals surface area contributed by atoms with Crippen molar-refractivity contribution in [3.63, 3.8) is 0 Å². The molecule has 2 rings (SSSR count). The summed E-state index contributed by atoms with van der Waals surface area (Å²) in [5.74, 6) is 0. The van der Waals surface area contributed by atoms with Crippen LogP contribution >= 0.6 is 0 Å². The van der Waals surface area contributed by atoms with E-state index in [0.29, 0.717) is 0 Å². The fourth-order valence-electron chi connectivity index (χ4n) is 3.50. The van der Waals surface area contributed by atoms with Crippen molar-refractivity contribution >= 4 is 16.6 Å². The van der Waals surface area contributed by atoms with Gasteiger partial charge in [0.15, 0.2) is 22.9 Å². The van der Waals surface area contributed by atoms with Crippen LogP contribution in [0, 0.1) is 0 Å². The minimum absolute atomic E-state index is 0.00551. The van der Waals surface area contributed by atoms with Gasteiger partial charge in [-0.05, 0) is 36.3 Å². The number of aliphatic hydroxyl groups excluding tert-OH is 5. The highest BCUT2D eigenvalue weighted by Crippen LogP contribution is 2.38. The molecule has 2 heterocycles. The number of aliphatic hydroxyl groups is 5. The van der Waals surface area contributed by atoms with E-state index in [0.717, 1.165) is 0 Å². The van der Waals surface area contributed by atoms with Crippen molar-refractivity contribution in [2.75, 3.05) is 19.8 Å². The summed E-state index contributed by atoms with van der Waals surface area (Å²) in [5, 5.41) is 52.5. The monoisotopic (exact) mass is 554 g/mol. The smallest absolute Gasteiger partial charge is 0.192 e. The molecule has 2 aliphatic rings. The van der Waals surface area contributed by atoms with Gasteiger partial charge in [0, 0.05) is 0 Å². The molecular weight excluding hydrogens is 504 g/mol. The van der Waals surface area contributed by atoms with Crippen LogP contribution in [0.3, 0.4) is 0 Å². The van der Waals surface area contributed by atoms with E-state index in [1.165, 1.54) is 0 Å². The summed E-state index contributed by atoms with van der Waals surface area (Å²) in [6, 6.07) is 0. The van der Waals surface area contributed by atoms with Gasteiger partial charge in [-0.2, -0.15) is 0 Å². The molecule has 2 saturated heterocycles. The third kappa shape index (κ3) is 7.36. The van der Waals surface area contributed by atoms with Gasteiger partial charge >= 0.3 is 0 Å². The lowest BCUT2D eigenvalue weighted by molar-refractivity contribution is -0.335. The normalized spacial score (nSPS) is 37.2. The third-order valence-electron chi connectivity index (χ3n) is 8.37. The molecule has 0 aliphatic carbocycles. The highest BCUT2D eigenvalue weighted by atomic mass is 28.4. The third-order valence-corrected chi connectivity index (χ3v) is 17.4. The van der Waals surface area contributed by atoms with E-state index in [2.05, 4.69) is 67.7 Å². The molecule has 0 radical (unpaired) electrons. The first kappa shape index (κ1) is 32.2. The van der Waals surface area contributed by atoms with Crippen molar-refractivity contribution in [2.24, 2.45) is 0 Å². The Morgan fingerprint density at radius 3 is 1.64 bits per heavy atom. The standard InChI is InChI=1S/C24H50O10Si2/c1-23(2,3)35(7,8)31-12-15-18(27)19(28)20(29)22(33-15)34-21-16(30-11-14(25)17(21)26)13-32-36(9,10)24(4,5)6/h14-22,25-29H,11-13H2,1-10H3. The van der Waals surface area contributed by atoms with Gasteiger partial charge in [-0.1, -0.05) is 41.5 Å². The Kier molecular flexibility index (Phi) is 10.4. The minimum atomic E-state index is -2.18. The zero-order valence-electron chi connectivity index (χ0n) is 23.6. The van der Waals surface area contributed by atoms with Crippen molar-refractivity contribution in [2.45, 2.75) is 133 Å². The maximum atomic E-state index is 10.7. The average Bonchev–Trinajstić information content (AvgIpc) is 2.74. The van der Waals surface area contributed by atoms with Gasteiger partial charge in [-0.15, -0.1) is 0 Å². The average molecular weight is 555 g/mol. The second-order valence-corrected chi connectivity index (χ2v) is 22.8. The lowest BCUT2D eigenvalue weighted by Crippen LogP contribution is -2.63. The Bertz CT molecular complexity index is 708. The first-order valence-electron chi connectivity index (χ1n) is 12.8. The van der Waals surface area contributed by atoms with Crippen LogP contribution in [0.4, 0.5) is 0 Å². The molecular formula is C24H50O10Si2. The fraction of sp³-hybridized carbons (Fsp3) is 1.00. The van der Waals surface area contributed by atoms with E-state index in [1.807, 2.05) is 0 Å². The molecule has 36 heavy (non-hydrogen) atoms. The summed E-state index contributed by atoms with van der Waals surface area (Å²) in [5.41, 5.74) is 0. The topological polar surface area (TPSA) is 147 Å². The van der Waals surface area contributed by atoms with Crippen LogP contribution in [0.25, 0.3) is 0 Å². The molecule has 0 saturated carbocycles. The number of hydrogen-bond donors (Lipinski definition) is 5. The fourth-order valence-corrected chi connectivity index (χ4v) is 5.53. The van der Waals surface area contributed by atoms with Gasteiger partial charge in [0.1, 0.15) is 48.8 Å². The molecule has 0 aromatic heterocycles. The van der Waals surface area contributed by atoms with Gasteiger partial charge < -0.3 is 48.6 Å². The van der Waals surface area contributed by atoms with Gasteiger partial charge in [0.05, 0.1) is 19.8 Å². The highest BCUT2D eigenvalue weighted by molar-refractivity contribution is 6.74. The van der Waals surface area contributed by atoms with E-state index in [1.54, 1.807) is 0 Å². The van der Waals surface area contributed by atoms with Crippen molar-refractivity contribution in [1.29, 1.82) is 0 Å². The molecule has 10 nitrogen and oxygen atoms in total. The minimum Gasteiger partial charge on any atom is -0.414 e. The molecule has 0 bridgehead atoms. The SMILES string of the molecule is CC(C)(C)[Si](C)(C)OCC1OC(OC2C(CO[Si](C)(C)C(C)(C)C)OCC(O)C2O)C(O)C(O)C1O. The van der Waals surface area contributed by atoms with E-state index in [9.17, 15) is 25.5 Å². The van der Waals surface area contributed by atoms with Gasteiger partial charge in [0.2, 0.25) is 0 Å². The molecule has 214 valence electrons. The summed E-state index contributed by atoms with van der Waals surface area (Å²) in [6.07, 6.45) is -11.2. The molecule has 0 spiro atoms. The molecule has 2 fully saturated rings. The van der Waals surface area contributed by atoms with E-state index in [4.69, 9.17) is 23.1 Å². The molecule has 0 aromatic rings. The van der Waals surface area contributed by atoms with Gasteiger partial charge in [0.25, 0.3) is 0 Å². The van der Waals surface area contributed by atoms with Crippen molar-refractivity contribution < 1.29 is 48.6 Å². The lowest BCUT2D eigenvalue weighted by Gasteiger charge is -2.46. The Morgan fingerprint density at radius 1 is 0.694 bits per heavy atom. The zero-order valence-corrected chi connectivity index (χ0v) is 25.6. The summed E-state index contributed by atoms with van der Waals surface area (Å²) >= 11 is 0. The Morgan fingerprint density at radius 2 is 1.17 bits per heavy atom. The molecule has 9 unspecified atom stereocenters. The van der Waals surface area contributed by atoms with E-state index in [-0.39, 0.29) is 29.9 Å². The van der Waals surface area contributed by atoms with Gasteiger partial charge in [-0.3, -0.25) is 0 Å². The van der Waals surface area contributed by atoms with Crippen molar-refractivity contribution in [3.05, 3.63) is 0 Å². The first-order valence-corrected chi connectivity index (χ1v) is 18.6. The summed E-state index contributed by atoms with van der Waals surface area (Å²) in [4.78, 5) is 0. The van der Waals surface area contributed by atoms with Crippen LogP contribution in [0.5, 0.6) is 0 Å². The van der Waals surface area contributed by atoms with Crippen LogP contribution in [-0.4, -0.2) is 117 Å². The zero-order chi connectivity index (χ0) is 27.9. The van der Waals surface area contributed by atoms with Crippen LogP contribution < -0.4 is 0 Å². The summed E-state index contributed by atoms with van der Waals surface area (Å²) < 4.78 is 30.0. The predicted octanol–water partition coefficient (Wildman–Crippen LogP) is 1.34. The molecule has 12 heteroatoms. The molecule has 0 amide bonds. The Balaban J connectivity index is 2.16. The Labute approximate surface area is 218 Å². The number of ether oxygens (including phenoxy) is 3. The highest BCUT2D eigenvalue weighted by Gasteiger charge is 2.50. The molecule has 0 aromatic carbocycles. The van der Waals surface area contributed by atoms with Crippen molar-refractivity contribution in [3.8, 4) is 0 Å². The summed E-state index contributed by atoms with van der Waals surface area (Å²) in [6.45, 7) is 20.9.